The van der Waals surface area contributed by atoms with Crippen molar-refractivity contribution in [2.24, 2.45) is 0 Å². The number of H-pyrrole nitrogens is 1. The summed E-state index contributed by atoms with van der Waals surface area (Å²) in [5.41, 5.74) is 2.42. The number of thioether (sulfide) groups is 1. The number of nitrogens with one attached hydrogen (secondary N) is 2. The Morgan fingerprint density at radius 2 is 1.81 bits per heavy atom. The number of pyridine rings is 1. The molecule has 0 bridgehead atoms. The number of amides is 1. The zero-order valence-electron chi connectivity index (χ0n) is 21.3. The third kappa shape index (κ3) is 5.23. The number of carbonyl (C=O) groups excluding carboxylic acids is 1. The molecule has 9 nitrogen and oxygen atoms in total. The molecule has 1 aliphatic heterocycles. The maximum absolute atomic E-state index is 14.1. The Labute approximate surface area is 218 Å². The zero-order chi connectivity index (χ0) is 26.1. The number of fused-ring (bicyclic) bond motifs is 1. The highest BCUT2D eigenvalue weighted by atomic mass is 32.2. The van der Waals surface area contributed by atoms with Gasteiger partial charge in [0.15, 0.2) is 0 Å². The van der Waals surface area contributed by atoms with Crippen molar-refractivity contribution in [3.63, 3.8) is 0 Å². The minimum Gasteiger partial charge on any atom is -0.353 e. The largest absolute Gasteiger partial charge is 0.353 e. The molecule has 1 saturated heterocycles. The molecular weight excluding hydrogens is 495 g/mol. The van der Waals surface area contributed by atoms with Crippen molar-refractivity contribution >= 4 is 28.7 Å². The quantitative estimate of drug-likeness (QED) is 0.507. The van der Waals surface area contributed by atoms with Gasteiger partial charge in [-0.15, -0.1) is 0 Å². The molecule has 2 aliphatic rings. The van der Waals surface area contributed by atoms with E-state index in [1.54, 1.807) is 4.57 Å². The van der Waals surface area contributed by atoms with Gasteiger partial charge in [-0.05, 0) is 81.9 Å². The fourth-order valence-electron chi connectivity index (χ4n) is 5.76. The van der Waals surface area contributed by atoms with Crippen molar-refractivity contribution in [2.45, 2.75) is 83.3 Å². The van der Waals surface area contributed by atoms with Gasteiger partial charge in [-0.25, -0.2) is 14.2 Å². The van der Waals surface area contributed by atoms with Crippen LogP contribution in [0.2, 0.25) is 0 Å². The molecule has 3 aromatic rings. The summed E-state index contributed by atoms with van der Waals surface area (Å²) in [6.07, 6.45) is 6.24. The molecule has 11 heteroatoms. The van der Waals surface area contributed by atoms with Gasteiger partial charge in [-0.2, -0.15) is 16.9 Å². The Bertz CT molecular complexity index is 1400. The summed E-state index contributed by atoms with van der Waals surface area (Å²) in [6, 6.07) is 0.855. The molecule has 2 fully saturated rings. The zero-order valence-corrected chi connectivity index (χ0v) is 22.1. The minimum atomic E-state index is -0.590. The van der Waals surface area contributed by atoms with E-state index in [-0.39, 0.29) is 40.8 Å². The average molecular weight is 529 g/mol. The standard InChI is InChI=1S/C26H33FN6O3S/c1-15-21(16(2)31-30-15)7-8-23(34)29-18-3-5-19(6-4-18)33-25(35)22-13-17(27)14-28-24(22)32(26(33)36)20-9-11-37-12-10-20/h13-14,18-20H,3-12H2,1-2H3,(H,29,34)(H,30,31). The summed E-state index contributed by atoms with van der Waals surface area (Å²) in [6.45, 7) is 3.88. The van der Waals surface area contributed by atoms with Crippen molar-refractivity contribution in [1.29, 1.82) is 0 Å². The van der Waals surface area contributed by atoms with Crippen LogP contribution in [0.5, 0.6) is 0 Å². The van der Waals surface area contributed by atoms with E-state index in [2.05, 4.69) is 20.5 Å². The van der Waals surface area contributed by atoms with Crippen LogP contribution in [0.1, 0.15) is 74.0 Å². The third-order valence-electron chi connectivity index (χ3n) is 7.79. The number of carbonyl (C=O) groups is 1. The molecule has 1 aliphatic carbocycles. The number of aromatic amines is 1. The smallest absolute Gasteiger partial charge is 0.333 e. The molecule has 37 heavy (non-hydrogen) atoms. The summed E-state index contributed by atoms with van der Waals surface area (Å²) in [7, 11) is 0. The van der Waals surface area contributed by atoms with Gasteiger partial charge in [0.1, 0.15) is 11.5 Å². The van der Waals surface area contributed by atoms with E-state index < -0.39 is 11.4 Å². The van der Waals surface area contributed by atoms with Crippen LogP contribution in [-0.4, -0.2) is 47.8 Å². The lowest BCUT2D eigenvalue weighted by atomic mass is 9.90. The Morgan fingerprint density at radius 1 is 1.11 bits per heavy atom. The molecule has 0 spiro atoms. The molecule has 0 aromatic carbocycles. The van der Waals surface area contributed by atoms with Crippen LogP contribution in [-0.2, 0) is 11.2 Å². The normalized spacial score (nSPS) is 20.8. The van der Waals surface area contributed by atoms with Crippen molar-refractivity contribution in [2.75, 3.05) is 11.5 Å². The van der Waals surface area contributed by atoms with Crippen molar-refractivity contribution < 1.29 is 9.18 Å². The van der Waals surface area contributed by atoms with E-state index >= 15 is 0 Å². The summed E-state index contributed by atoms with van der Waals surface area (Å²) in [5, 5.41) is 10.4. The lowest BCUT2D eigenvalue weighted by molar-refractivity contribution is -0.122. The molecule has 1 saturated carbocycles. The van der Waals surface area contributed by atoms with E-state index in [9.17, 15) is 18.8 Å². The number of aryl methyl sites for hydroxylation is 2. The van der Waals surface area contributed by atoms with Crippen LogP contribution in [0.15, 0.2) is 21.9 Å². The molecule has 4 heterocycles. The Kier molecular flexibility index (Phi) is 7.50. The Balaban J connectivity index is 1.32. The van der Waals surface area contributed by atoms with Crippen molar-refractivity contribution in [3.8, 4) is 0 Å². The Morgan fingerprint density at radius 3 is 2.49 bits per heavy atom. The fourth-order valence-corrected chi connectivity index (χ4v) is 6.84. The fraction of sp³-hybridized carbons (Fsp3) is 0.577. The van der Waals surface area contributed by atoms with Gasteiger partial charge in [-0.1, -0.05) is 0 Å². The van der Waals surface area contributed by atoms with E-state index in [0.29, 0.717) is 38.5 Å². The first-order valence-electron chi connectivity index (χ1n) is 13.0. The van der Waals surface area contributed by atoms with Crippen LogP contribution < -0.4 is 16.6 Å². The van der Waals surface area contributed by atoms with Crippen LogP contribution in [0, 0.1) is 19.7 Å². The van der Waals surface area contributed by atoms with Gasteiger partial charge in [-0.3, -0.25) is 23.8 Å². The molecule has 0 radical (unpaired) electrons. The maximum Gasteiger partial charge on any atom is 0.333 e. The highest BCUT2D eigenvalue weighted by Crippen LogP contribution is 2.30. The van der Waals surface area contributed by atoms with E-state index in [1.165, 1.54) is 10.6 Å². The highest BCUT2D eigenvalue weighted by Gasteiger charge is 2.29. The maximum atomic E-state index is 14.1. The molecule has 3 aromatic heterocycles. The average Bonchev–Trinajstić information content (AvgIpc) is 3.21. The molecule has 198 valence electrons. The third-order valence-corrected chi connectivity index (χ3v) is 8.84. The number of halogens is 1. The number of rotatable bonds is 6. The SMILES string of the molecule is Cc1n[nH]c(C)c1CCC(=O)NC1CCC(n2c(=O)c3cc(F)cnc3n(C3CCSCC3)c2=O)CC1. The molecule has 5 rings (SSSR count). The number of hydrogen-bond acceptors (Lipinski definition) is 6. The van der Waals surface area contributed by atoms with Gasteiger partial charge in [0, 0.05) is 30.2 Å². The summed E-state index contributed by atoms with van der Waals surface area (Å²) < 4.78 is 17.0. The van der Waals surface area contributed by atoms with Gasteiger partial charge in [0.05, 0.1) is 17.3 Å². The second-order valence-electron chi connectivity index (χ2n) is 10.2. The first-order chi connectivity index (χ1) is 17.8. The highest BCUT2D eigenvalue weighted by molar-refractivity contribution is 7.99. The summed E-state index contributed by atoms with van der Waals surface area (Å²) in [5.74, 6) is 1.27. The van der Waals surface area contributed by atoms with E-state index in [0.717, 1.165) is 47.5 Å². The minimum absolute atomic E-state index is 0.00292. The van der Waals surface area contributed by atoms with Gasteiger partial charge in [0.2, 0.25) is 5.91 Å². The Hall–Kier alpha value is -2.95. The molecule has 2 N–H and O–H groups in total. The van der Waals surface area contributed by atoms with Gasteiger partial charge < -0.3 is 5.32 Å². The number of nitrogens with zero attached hydrogens (tertiary/aromatic N) is 4. The van der Waals surface area contributed by atoms with Crippen LogP contribution in [0.3, 0.4) is 0 Å². The van der Waals surface area contributed by atoms with Crippen LogP contribution >= 0.6 is 11.8 Å². The van der Waals surface area contributed by atoms with Crippen LogP contribution in [0.4, 0.5) is 4.39 Å². The lowest BCUT2D eigenvalue weighted by Crippen LogP contribution is -2.46. The molecule has 0 atom stereocenters. The van der Waals surface area contributed by atoms with Crippen molar-refractivity contribution in [1.82, 2.24) is 29.6 Å². The van der Waals surface area contributed by atoms with Crippen molar-refractivity contribution in [3.05, 3.63) is 55.9 Å². The molecular formula is C26H33FN6O3S. The monoisotopic (exact) mass is 528 g/mol. The van der Waals surface area contributed by atoms with Crippen LogP contribution in [0.25, 0.3) is 11.0 Å². The first-order valence-corrected chi connectivity index (χ1v) is 14.2. The van der Waals surface area contributed by atoms with E-state index in [4.69, 9.17) is 0 Å². The molecule has 1 amide bonds. The topological polar surface area (TPSA) is 115 Å². The second kappa shape index (κ2) is 10.8. The molecule has 0 unspecified atom stereocenters. The number of aromatic nitrogens is 5. The first kappa shape index (κ1) is 25.7. The number of hydrogen-bond donors (Lipinski definition) is 2. The van der Waals surface area contributed by atoms with Gasteiger partial charge in [0.25, 0.3) is 5.56 Å². The summed E-state index contributed by atoms with van der Waals surface area (Å²) in [4.78, 5) is 43.9. The second-order valence-corrected chi connectivity index (χ2v) is 11.4. The summed E-state index contributed by atoms with van der Waals surface area (Å²) >= 11 is 1.85. The predicted octanol–water partition coefficient (Wildman–Crippen LogP) is 3.34. The predicted molar refractivity (Wildman–Crippen MR) is 142 cm³/mol. The van der Waals surface area contributed by atoms with E-state index in [1.807, 2.05) is 25.6 Å². The van der Waals surface area contributed by atoms with Gasteiger partial charge >= 0.3 is 5.69 Å². The lowest BCUT2D eigenvalue weighted by Gasteiger charge is -2.31.